The average molecular weight is 741 g/mol. The van der Waals surface area contributed by atoms with Crippen molar-refractivity contribution < 1.29 is 34.2 Å². The monoisotopic (exact) mass is 740 g/mol. The number of nitrogens with zero attached hydrogens (tertiary/aromatic N) is 4. The number of fused-ring (bicyclic) bond motifs is 4. The second-order valence-corrected chi connectivity index (χ2v) is 13.3. The first-order chi connectivity index (χ1) is 26.2. The number of hydrogen-bond acceptors (Lipinski definition) is 6. The molecule has 0 aliphatic carbocycles. The van der Waals surface area contributed by atoms with Gasteiger partial charge < -0.3 is 25.2 Å². The molecule has 6 aromatic rings. The van der Waals surface area contributed by atoms with Crippen LogP contribution in [0.5, 0.6) is 0 Å². The largest absolute Gasteiger partial charge is 0.412 e. The summed E-state index contributed by atoms with van der Waals surface area (Å²) < 4.78 is 4.06. The fourth-order valence-electron chi connectivity index (χ4n) is 7.33. The minimum Gasteiger partial charge on any atom is -0.412 e. The number of hydrogen-bond donors (Lipinski definition) is 2. The lowest BCUT2D eigenvalue weighted by Crippen LogP contribution is -2.31. The number of rotatable bonds is 12. The summed E-state index contributed by atoms with van der Waals surface area (Å²) in [4.78, 5) is 73.8. The molecule has 2 aromatic heterocycles. The van der Waals surface area contributed by atoms with E-state index in [1.807, 2.05) is 72.0 Å². The SMILES string of the molecule is Cn1cc(CCN2C(=O)c3ccccc3C2=O)c2cc(CNC=O)ccc21.Cn1cc(CCN2C(=O)c3ccccc3C2=O)c2cc(CNC=O)ccc21.O. The van der Waals surface area contributed by atoms with Gasteiger partial charge in [0.25, 0.3) is 23.6 Å². The molecule has 0 bridgehead atoms. The Labute approximate surface area is 316 Å². The van der Waals surface area contributed by atoms with E-state index in [9.17, 15) is 28.8 Å². The Morgan fingerprint density at radius 1 is 0.527 bits per heavy atom. The van der Waals surface area contributed by atoms with Crippen LogP contribution in [0, 0.1) is 0 Å². The van der Waals surface area contributed by atoms with Crippen molar-refractivity contribution in [2.45, 2.75) is 25.9 Å². The summed E-state index contributed by atoms with van der Waals surface area (Å²) in [5.74, 6) is -0.920. The molecule has 0 spiro atoms. The molecule has 4 heterocycles. The van der Waals surface area contributed by atoms with Crippen molar-refractivity contribution in [1.29, 1.82) is 0 Å². The first kappa shape index (κ1) is 37.9. The summed E-state index contributed by atoms with van der Waals surface area (Å²) in [5, 5.41) is 7.48. The van der Waals surface area contributed by atoms with Crippen LogP contribution in [-0.4, -0.2) is 73.9 Å². The third-order valence-electron chi connectivity index (χ3n) is 10.0. The van der Waals surface area contributed by atoms with Gasteiger partial charge in [0.1, 0.15) is 0 Å². The summed E-state index contributed by atoms with van der Waals surface area (Å²) in [7, 11) is 3.94. The Hall–Kier alpha value is -6.86. The predicted molar refractivity (Wildman–Crippen MR) is 206 cm³/mol. The molecule has 13 nitrogen and oxygen atoms in total. The molecular weight excluding hydrogens is 700 g/mol. The van der Waals surface area contributed by atoms with Gasteiger partial charge in [-0.05, 0) is 83.6 Å². The highest BCUT2D eigenvalue weighted by atomic mass is 16.2. The number of imide groups is 2. The summed E-state index contributed by atoms with van der Waals surface area (Å²) in [6, 6.07) is 25.9. The Morgan fingerprint density at radius 3 is 1.20 bits per heavy atom. The van der Waals surface area contributed by atoms with Crippen molar-refractivity contribution in [2.75, 3.05) is 13.1 Å². The number of aromatic nitrogens is 2. The first-order valence-corrected chi connectivity index (χ1v) is 17.6. The average Bonchev–Trinajstić information content (AvgIpc) is 3.85. The molecule has 4 N–H and O–H groups in total. The van der Waals surface area contributed by atoms with E-state index in [0.717, 1.165) is 44.1 Å². The molecule has 0 unspecified atom stereocenters. The lowest BCUT2D eigenvalue weighted by atomic mass is 10.1. The maximum absolute atomic E-state index is 12.5. The summed E-state index contributed by atoms with van der Waals surface area (Å²) >= 11 is 0. The van der Waals surface area contributed by atoms with Gasteiger partial charge in [0.2, 0.25) is 12.8 Å². The van der Waals surface area contributed by atoms with Crippen molar-refractivity contribution in [3.05, 3.63) is 142 Å². The van der Waals surface area contributed by atoms with Crippen LogP contribution in [-0.2, 0) is 49.6 Å². The minimum absolute atomic E-state index is 0. The standard InChI is InChI=1S/2C21H19N3O3.H2O/c2*1-23-12-15(18-10-14(11-22-13-25)6-7-19(18)23)8-9-24-20(26)16-4-2-3-5-17(16)21(24)27;/h2*2-7,10,12-13H,8-9,11H2,1H3,(H,22,25);1H2. The Balaban J connectivity index is 0.000000184. The third-order valence-corrected chi connectivity index (χ3v) is 10.0. The number of nitrogens with one attached hydrogen (secondary N) is 2. The number of amides is 6. The zero-order chi connectivity index (χ0) is 37.9. The molecule has 55 heavy (non-hydrogen) atoms. The normalized spacial score (nSPS) is 13.1. The fraction of sp³-hybridized carbons (Fsp3) is 0.190. The highest BCUT2D eigenvalue weighted by Crippen LogP contribution is 2.28. The molecule has 0 saturated carbocycles. The summed E-state index contributed by atoms with van der Waals surface area (Å²) in [6.45, 7) is 1.60. The molecule has 4 aromatic carbocycles. The van der Waals surface area contributed by atoms with E-state index in [-0.39, 0.29) is 29.1 Å². The van der Waals surface area contributed by atoms with Gasteiger partial charge in [-0.2, -0.15) is 0 Å². The van der Waals surface area contributed by atoms with Crippen LogP contribution < -0.4 is 10.6 Å². The lowest BCUT2D eigenvalue weighted by Gasteiger charge is -2.13. The van der Waals surface area contributed by atoms with Gasteiger partial charge >= 0.3 is 0 Å². The van der Waals surface area contributed by atoms with E-state index >= 15 is 0 Å². The van der Waals surface area contributed by atoms with Gasteiger partial charge in [-0.1, -0.05) is 36.4 Å². The van der Waals surface area contributed by atoms with Crippen LogP contribution in [0.2, 0.25) is 0 Å². The summed E-state index contributed by atoms with van der Waals surface area (Å²) in [6.07, 6.45) is 6.57. The fourth-order valence-corrected chi connectivity index (χ4v) is 7.33. The quantitative estimate of drug-likeness (QED) is 0.143. The Morgan fingerprint density at radius 2 is 0.873 bits per heavy atom. The molecule has 2 aliphatic rings. The van der Waals surface area contributed by atoms with Gasteiger partial charge in [0.15, 0.2) is 0 Å². The van der Waals surface area contributed by atoms with Crippen LogP contribution in [0.3, 0.4) is 0 Å². The smallest absolute Gasteiger partial charge is 0.261 e. The van der Waals surface area contributed by atoms with Crippen LogP contribution >= 0.6 is 0 Å². The zero-order valence-electron chi connectivity index (χ0n) is 30.4. The van der Waals surface area contributed by atoms with Gasteiger partial charge in [-0.15, -0.1) is 0 Å². The van der Waals surface area contributed by atoms with Gasteiger partial charge in [0.05, 0.1) is 22.3 Å². The highest BCUT2D eigenvalue weighted by molar-refractivity contribution is 6.22. The highest BCUT2D eigenvalue weighted by Gasteiger charge is 2.36. The maximum atomic E-state index is 12.5. The molecule has 0 fully saturated rings. The van der Waals surface area contributed by atoms with Crippen molar-refractivity contribution in [3.63, 3.8) is 0 Å². The maximum Gasteiger partial charge on any atom is 0.261 e. The predicted octanol–water partition coefficient (Wildman–Crippen LogP) is 3.70. The van der Waals surface area contributed by atoms with Gasteiger partial charge in [0, 0.05) is 74.5 Å². The number of carbonyl (C=O) groups excluding carboxylic acids is 6. The van der Waals surface area contributed by atoms with Crippen molar-refractivity contribution in [1.82, 2.24) is 29.6 Å². The molecule has 6 amide bonds. The molecule has 0 saturated heterocycles. The van der Waals surface area contributed by atoms with E-state index in [1.165, 1.54) is 9.80 Å². The molecule has 280 valence electrons. The molecular formula is C42H40N6O7. The second-order valence-electron chi connectivity index (χ2n) is 13.3. The number of carbonyl (C=O) groups is 6. The van der Waals surface area contributed by atoms with Gasteiger partial charge in [-0.25, -0.2) is 0 Å². The van der Waals surface area contributed by atoms with Gasteiger partial charge in [-0.3, -0.25) is 38.6 Å². The van der Waals surface area contributed by atoms with Crippen molar-refractivity contribution in [3.8, 4) is 0 Å². The van der Waals surface area contributed by atoms with E-state index in [4.69, 9.17) is 0 Å². The second kappa shape index (κ2) is 16.0. The van der Waals surface area contributed by atoms with E-state index in [0.29, 0.717) is 74.1 Å². The molecule has 8 rings (SSSR count). The van der Waals surface area contributed by atoms with E-state index < -0.39 is 0 Å². The third kappa shape index (κ3) is 7.25. The van der Waals surface area contributed by atoms with E-state index in [1.54, 1.807) is 48.5 Å². The minimum atomic E-state index is -0.230. The summed E-state index contributed by atoms with van der Waals surface area (Å²) in [5.41, 5.74) is 8.18. The Bertz CT molecular complexity index is 2240. The zero-order valence-corrected chi connectivity index (χ0v) is 30.4. The lowest BCUT2D eigenvalue weighted by molar-refractivity contribution is -0.110. The van der Waals surface area contributed by atoms with Crippen molar-refractivity contribution >= 4 is 58.3 Å². The molecule has 0 atom stereocenters. The molecule has 2 aliphatic heterocycles. The first-order valence-electron chi connectivity index (χ1n) is 17.6. The topological polar surface area (TPSA) is 174 Å². The Kier molecular flexibility index (Phi) is 11.0. The van der Waals surface area contributed by atoms with Crippen LogP contribution in [0.1, 0.15) is 63.7 Å². The van der Waals surface area contributed by atoms with Crippen LogP contribution in [0.25, 0.3) is 21.8 Å². The number of benzene rings is 4. The van der Waals surface area contributed by atoms with Crippen molar-refractivity contribution in [2.24, 2.45) is 14.1 Å². The molecule has 0 radical (unpaired) electrons. The number of aryl methyl sites for hydroxylation is 2. The molecule has 13 heteroatoms. The van der Waals surface area contributed by atoms with Crippen LogP contribution in [0.15, 0.2) is 97.3 Å². The van der Waals surface area contributed by atoms with Crippen LogP contribution in [0.4, 0.5) is 0 Å². The van der Waals surface area contributed by atoms with E-state index in [2.05, 4.69) is 10.6 Å².